The zero-order chi connectivity index (χ0) is 10.2. The molecule has 0 saturated carbocycles. The van der Waals surface area contributed by atoms with Gasteiger partial charge in [-0.1, -0.05) is 6.92 Å². The average molecular weight is 212 g/mol. The normalized spacial score (nSPS) is 10.7. The van der Waals surface area contributed by atoms with Crippen LogP contribution in [0.25, 0.3) is 0 Å². The van der Waals surface area contributed by atoms with Crippen LogP contribution in [-0.2, 0) is 13.1 Å². The second kappa shape index (κ2) is 6.96. The number of hydrogen-bond acceptors (Lipinski definition) is 2. The van der Waals surface area contributed by atoms with E-state index in [1.165, 1.54) is 17.7 Å². The topological polar surface area (TPSA) is 17.0 Å². The van der Waals surface area contributed by atoms with E-state index in [9.17, 15) is 0 Å². The van der Waals surface area contributed by atoms with Crippen LogP contribution in [0.3, 0.4) is 0 Å². The first-order valence-electron chi connectivity index (χ1n) is 5.21. The van der Waals surface area contributed by atoms with Crippen LogP contribution in [-0.4, -0.2) is 23.1 Å². The van der Waals surface area contributed by atoms with Crippen LogP contribution in [0.5, 0.6) is 0 Å². The van der Waals surface area contributed by atoms with Gasteiger partial charge in [0.25, 0.3) is 0 Å². The highest BCUT2D eigenvalue weighted by molar-refractivity contribution is 7.98. The van der Waals surface area contributed by atoms with Crippen molar-refractivity contribution in [3.8, 4) is 0 Å². The van der Waals surface area contributed by atoms with Crippen molar-refractivity contribution in [1.82, 2.24) is 9.88 Å². The standard InChI is InChI=1S/C11H20N2S/c1-3-6-13-7-4-11(10-13)9-12-5-8-14-2/h4,7,10,12H,3,5-6,8-9H2,1-2H3. The SMILES string of the molecule is CCCn1ccc(CNCCSC)c1. The Morgan fingerprint density at radius 2 is 2.36 bits per heavy atom. The van der Waals surface area contributed by atoms with Crippen LogP contribution in [0, 0.1) is 0 Å². The maximum Gasteiger partial charge on any atom is 0.0220 e. The third-order valence-corrected chi connectivity index (χ3v) is 2.72. The molecule has 1 N–H and O–H groups in total. The molecular weight excluding hydrogens is 192 g/mol. The number of aryl methyl sites for hydroxylation is 1. The largest absolute Gasteiger partial charge is 0.354 e. The Hall–Kier alpha value is -0.410. The van der Waals surface area contributed by atoms with Crippen LogP contribution in [0.1, 0.15) is 18.9 Å². The van der Waals surface area contributed by atoms with E-state index >= 15 is 0 Å². The molecule has 0 saturated heterocycles. The molecule has 80 valence electrons. The summed E-state index contributed by atoms with van der Waals surface area (Å²) in [6.45, 7) is 5.43. The summed E-state index contributed by atoms with van der Waals surface area (Å²) in [7, 11) is 0. The molecule has 1 aromatic heterocycles. The summed E-state index contributed by atoms with van der Waals surface area (Å²) in [6.07, 6.45) is 7.73. The van der Waals surface area contributed by atoms with Crippen molar-refractivity contribution in [3.63, 3.8) is 0 Å². The minimum Gasteiger partial charge on any atom is -0.354 e. The summed E-state index contributed by atoms with van der Waals surface area (Å²) in [5, 5.41) is 3.42. The average Bonchev–Trinajstić information content (AvgIpc) is 2.61. The molecule has 0 atom stereocenters. The summed E-state index contributed by atoms with van der Waals surface area (Å²) in [5.74, 6) is 1.19. The Labute approximate surface area is 91.1 Å². The number of aromatic nitrogens is 1. The smallest absolute Gasteiger partial charge is 0.0220 e. The molecule has 0 unspecified atom stereocenters. The Morgan fingerprint density at radius 1 is 1.50 bits per heavy atom. The third-order valence-electron chi connectivity index (χ3n) is 2.11. The van der Waals surface area contributed by atoms with Crippen LogP contribution in [0.4, 0.5) is 0 Å². The number of hydrogen-bond donors (Lipinski definition) is 1. The molecule has 0 aromatic carbocycles. The van der Waals surface area contributed by atoms with Crippen LogP contribution in [0.2, 0.25) is 0 Å². The molecule has 0 aliphatic rings. The maximum absolute atomic E-state index is 3.42. The minimum absolute atomic E-state index is 0.997. The first-order chi connectivity index (χ1) is 6.86. The van der Waals surface area contributed by atoms with Crippen molar-refractivity contribution in [2.24, 2.45) is 0 Å². The third kappa shape index (κ3) is 4.20. The maximum atomic E-state index is 3.42. The summed E-state index contributed by atoms with van der Waals surface area (Å²) in [6, 6.07) is 2.20. The van der Waals surface area contributed by atoms with E-state index in [1.54, 1.807) is 0 Å². The van der Waals surface area contributed by atoms with Crippen molar-refractivity contribution >= 4 is 11.8 Å². The molecule has 2 nitrogen and oxygen atoms in total. The molecule has 0 aliphatic carbocycles. The highest BCUT2D eigenvalue weighted by Gasteiger charge is 1.95. The lowest BCUT2D eigenvalue weighted by atomic mass is 10.3. The Balaban J connectivity index is 2.22. The summed E-state index contributed by atoms with van der Waals surface area (Å²) >= 11 is 1.88. The Morgan fingerprint density at radius 3 is 3.07 bits per heavy atom. The van der Waals surface area contributed by atoms with E-state index in [0.717, 1.165) is 19.6 Å². The van der Waals surface area contributed by atoms with Crippen molar-refractivity contribution in [3.05, 3.63) is 24.0 Å². The molecule has 0 spiro atoms. The van der Waals surface area contributed by atoms with Gasteiger partial charge in [0.05, 0.1) is 0 Å². The first kappa shape index (κ1) is 11.7. The molecule has 0 fully saturated rings. The van der Waals surface area contributed by atoms with Gasteiger partial charge < -0.3 is 9.88 Å². The van der Waals surface area contributed by atoms with Gasteiger partial charge in [-0.25, -0.2) is 0 Å². The lowest BCUT2D eigenvalue weighted by Crippen LogP contribution is -2.15. The molecule has 1 heterocycles. The van der Waals surface area contributed by atoms with Crippen molar-refractivity contribution < 1.29 is 0 Å². The first-order valence-corrected chi connectivity index (χ1v) is 6.60. The number of nitrogens with one attached hydrogen (secondary N) is 1. The molecule has 0 amide bonds. The summed E-state index contributed by atoms with van der Waals surface area (Å²) in [5.41, 5.74) is 1.39. The highest BCUT2D eigenvalue weighted by Crippen LogP contribution is 2.01. The van der Waals surface area contributed by atoms with Crippen LogP contribution in [0.15, 0.2) is 18.5 Å². The summed E-state index contributed by atoms with van der Waals surface area (Å²) < 4.78 is 2.26. The molecule has 3 heteroatoms. The van der Waals surface area contributed by atoms with Gasteiger partial charge in [0.1, 0.15) is 0 Å². The summed E-state index contributed by atoms with van der Waals surface area (Å²) in [4.78, 5) is 0. The zero-order valence-corrected chi connectivity index (χ0v) is 9.94. The van der Waals surface area contributed by atoms with E-state index in [0.29, 0.717) is 0 Å². The van der Waals surface area contributed by atoms with E-state index in [4.69, 9.17) is 0 Å². The van der Waals surface area contributed by atoms with E-state index in [1.807, 2.05) is 11.8 Å². The predicted molar refractivity (Wildman–Crippen MR) is 64.8 cm³/mol. The lowest BCUT2D eigenvalue weighted by Gasteiger charge is -2.01. The van der Waals surface area contributed by atoms with Crippen molar-refractivity contribution in [2.75, 3.05) is 18.6 Å². The van der Waals surface area contributed by atoms with Crippen molar-refractivity contribution in [1.29, 1.82) is 0 Å². The van der Waals surface area contributed by atoms with Crippen LogP contribution >= 0.6 is 11.8 Å². The molecule has 0 aliphatic heterocycles. The quantitative estimate of drug-likeness (QED) is 0.699. The number of rotatable bonds is 7. The fourth-order valence-electron chi connectivity index (χ4n) is 1.40. The molecular formula is C11H20N2S. The van der Waals surface area contributed by atoms with Gasteiger partial charge >= 0.3 is 0 Å². The van der Waals surface area contributed by atoms with Gasteiger partial charge in [0.15, 0.2) is 0 Å². The fourth-order valence-corrected chi connectivity index (χ4v) is 1.75. The van der Waals surface area contributed by atoms with E-state index in [-0.39, 0.29) is 0 Å². The molecule has 14 heavy (non-hydrogen) atoms. The Bertz CT molecular complexity index is 245. The Kier molecular flexibility index (Phi) is 5.80. The zero-order valence-electron chi connectivity index (χ0n) is 9.12. The van der Waals surface area contributed by atoms with Crippen LogP contribution < -0.4 is 5.32 Å². The molecule has 0 radical (unpaired) electrons. The second-order valence-corrected chi connectivity index (χ2v) is 4.41. The van der Waals surface area contributed by atoms with Gasteiger partial charge in [0.2, 0.25) is 0 Å². The van der Waals surface area contributed by atoms with Gasteiger partial charge in [-0.2, -0.15) is 11.8 Å². The number of nitrogens with zero attached hydrogens (tertiary/aromatic N) is 1. The monoisotopic (exact) mass is 212 g/mol. The molecule has 1 aromatic rings. The van der Waals surface area contributed by atoms with Gasteiger partial charge in [0, 0.05) is 37.8 Å². The van der Waals surface area contributed by atoms with E-state index in [2.05, 4.69) is 41.5 Å². The lowest BCUT2D eigenvalue weighted by molar-refractivity contribution is 0.675. The fraction of sp³-hybridized carbons (Fsp3) is 0.636. The van der Waals surface area contributed by atoms with Gasteiger partial charge in [-0.3, -0.25) is 0 Å². The second-order valence-electron chi connectivity index (χ2n) is 3.43. The highest BCUT2D eigenvalue weighted by atomic mass is 32.2. The molecule has 0 bridgehead atoms. The molecule has 1 rings (SSSR count). The van der Waals surface area contributed by atoms with Gasteiger partial charge in [-0.15, -0.1) is 0 Å². The minimum atomic E-state index is 0.997. The van der Waals surface area contributed by atoms with Crippen molar-refractivity contribution in [2.45, 2.75) is 26.4 Å². The number of thioether (sulfide) groups is 1. The predicted octanol–water partition coefficient (Wildman–Crippen LogP) is 2.35. The van der Waals surface area contributed by atoms with Gasteiger partial charge in [-0.05, 0) is 24.3 Å². The van der Waals surface area contributed by atoms with E-state index < -0.39 is 0 Å².